The van der Waals surface area contributed by atoms with Crippen molar-refractivity contribution < 1.29 is 4.74 Å². The summed E-state index contributed by atoms with van der Waals surface area (Å²) in [6.45, 7) is 0. The molecule has 3 heteroatoms. The van der Waals surface area contributed by atoms with Gasteiger partial charge in [0.25, 0.3) is 0 Å². The molecule has 1 aromatic rings. The molecule has 2 rings (SSSR count). The highest BCUT2D eigenvalue weighted by Crippen LogP contribution is 2.13. The van der Waals surface area contributed by atoms with Gasteiger partial charge in [-0.05, 0) is 25.0 Å². The van der Waals surface area contributed by atoms with Gasteiger partial charge in [-0.15, -0.1) is 0 Å². The van der Waals surface area contributed by atoms with Crippen molar-refractivity contribution >= 4 is 0 Å². The maximum Gasteiger partial charge on any atom is 0.222 e. The van der Waals surface area contributed by atoms with Crippen molar-refractivity contribution in [2.24, 2.45) is 0 Å². The maximum absolute atomic E-state index is 5.48. The number of aromatic nitrogens is 2. The number of rotatable bonds is 2. The lowest BCUT2D eigenvalue weighted by Gasteiger charge is -2.07. The molecular weight excluding hydrogens is 164 g/mol. The first kappa shape index (κ1) is 7.98. The third-order valence-corrected chi connectivity index (χ3v) is 1.74. The third-order valence-electron chi connectivity index (χ3n) is 1.74. The summed E-state index contributed by atoms with van der Waals surface area (Å²) >= 11 is 0. The van der Waals surface area contributed by atoms with Gasteiger partial charge < -0.3 is 4.74 Å². The van der Waals surface area contributed by atoms with E-state index in [0.29, 0.717) is 5.88 Å². The topological polar surface area (TPSA) is 35.0 Å². The molecule has 66 valence electrons. The van der Waals surface area contributed by atoms with Crippen LogP contribution < -0.4 is 4.74 Å². The standard InChI is InChI=1S/C10H10N2O/c1-2-4-9(5-3-1)13-10-6-7-11-8-12-10/h2,4-8H,1,3H2. The molecule has 0 aromatic carbocycles. The summed E-state index contributed by atoms with van der Waals surface area (Å²) in [4.78, 5) is 7.77. The first-order valence-corrected chi connectivity index (χ1v) is 4.26. The zero-order chi connectivity index (χ0) is 8.93. The molecule has 0 unspecified atom stereocenters. The van der Waals surface area contributed by atoms with Crippen LogP contribution in [0.2, 0.25) is 0 Å². The van der Waals surface area contributed by atoms with Crippen LogP contribution in [0.3, 0.4) is 0 Å². The molecule has 1 aromatic heterocycles. The second kappa shape index (κ2) is 3.85. The van der Waals surface area contributed by atoms with E-state index in [9.17, 15) is 0 Å². The maximum atomic E-state index is 5.48. The summed E-state index contributed by atoms with van der Waals surface area (Å²) in [5.74, 6) is 1.46. The van der Waals surface area contributed by atoms with Crippen LogP contribution in [0.4, 0.5) is 0 Å². The van der Waals surface area contributed by atoms with Crippen LogP contribution in [0.15, 0.2) is 42.6 Å². The van der Waals surface area contributed by atoms with Gasteiger partial charge in [0.2, 0.25) is 5.88 Å². The monoisotopic (exact) mass is 174 g/mol. The summed E-state index contributed by atoms with van der Waals surface area (Å²) in [5, 5.41) is 0. The summed E-state index contributed by atoms with van der Waals surface area (Å²) in [5.41, 5.74) is 0. The molecule has 0 saturated heterocycles. The van der Waals surface area contributed by atoms with Crippen LogP contribution in [0, 0.1) is 0 Å². The SMILES string of the molecule is C1=CC(Oc2ccncn2)=CCC1. The van der Waals surface area contributed by atoms with Crippen molar-refractivity contribution in [3.63, 3.8) is 0 Å². The number of allylic oxidation sites excluding steroid dienone is 3. The zero-order valence-electron chi connectivity index (χ0n) is 7.18. The minimum Gasteiger partial charge on any atom is -0.439 e. The molecule has 0 radical (unpaired) electrons. The summed E-state index contributed by atoms with van der Waals surface area (Å²) < 4.78 is 5.48. The van der Waals surface area contributed by atoms with Gasteiger partial charge in [-0.25, -0.2) is 9.97 Å². The van der Waals surface area contributed by atoms with Gasteiger partial charge in [0, 0.05) is 12.3 Å². The summed E-state index contributed by atoms with van der Waals surface area (Å²) in [6.07, 6.45) is 11.4. The molecule has 0 bridgehead atoms. The van der Waals surface area contributed by atoms with Crippen LogP contribution in [0.25, 0.3) is 0 Å². The van der Waals surface area contributed by atoms with E-state index in [-0.39, 0.29) is 0 Å². The number of hydrogen-bond acceptors (Lipinski definition) is 3. The molecule has 1 heterocycles. The van der Waals surface area contributed by atoms with Crippen LogP contribution in [-0.2, 0) is 0 Å². The highest BCUT2D eigenvalue weighted by molar-refractivity contribution is 5.21. The highest BCUT2D eigenvalue weighted by atomic mass is 16.5. The van der Waals surface area contributed by atoms with Crippen LogP contribution in [0.5, 0.6) is 5.88 Å². The van der Waals surface area contributed by atoms with E-state index in [1.165, 1.54) is 6.33 Å². The van der Waals surface area contributed by atoms with Crippen molar-refractivity contribution in [1.82, 2.24) is 9.97 Å². The zero-order valence-corrected chi connectivity index (χ0v) is 7.18. The summed E-state index contributed by atoms with van der Waals surface area (Å²) in [6, 6.07) is 1.74. The number of ether oxygens (including phenoxy) is 1. The van der Waals surface area contributed by atoms with E-state index in [1.54, 1.807) is 12.3 Å². The first-order valence-electron chi connectivity index (χ1n) is 4.26. The van der Waals surface area contributed by atoms with Gasteiger partial charge in [-0.1, -0.05) is 6.08 Å². The molecule has 0 saturated carbocycles. The van der Waals surface area contributed by atoms with Gasteiger partial charge in [-0.3, -0.25) is 0 Å². The van der Waals surface area contributed by atoms with Crippen molar-refractivity contribution in [2.45, 2.75) is 12.8 Å². The minimum atomic E-state index is 0.591. The average molecular weight is 174 g/mol. The smallest absolute Gasteiger partial charge is 0.222 e. The van der Waals surface area contributed by atoms with E-state index in [4.69, 9.17) is 4.74 Å². The molecule has 0 spiro atoms. The fraction of sp³-hybridized carbons (Fsp3) is 0.200. The van der Waals surface area contributed by atoms with Gasteiger partial charge in [0.05, 0.1) is 0 Å². The molecule has 0 aliphatic heterocycles. The third kappa shape index (κ3) is 2.15. The molecule has 3 nitrogen and oxygen atoms in total. The Labute approximate surface area is 76.8 Å². The lowest BCUT2D eigenvalue weighted by Crippen LogP contribution is -1.96. The highest BCUT2D eigenvalue weighted by Gasteiger charge is 2.00. The van der Waals surface area contributed by atoms with Gasteiger partial charge >= 0.3 is 0 Å². The Bertz CT molecular complexity index is 330. The second-order valence-electron chi connectivity index (χ2n) is 2.74. The lowest BCUT2D eigenvalue weighted by atomic mass is 10.2. The van der Waals surface area contributed by atoms with Crippen LogP contribution in [0.1, 0.15) is 12.8 Å². The average Bonchev–Trinajstić information content (AvgIpc) is 2.21. The predicted octanol–water partition coefficient (Wildman–Crippen LogP) is 2.09. The number of hydrogen-bond donors (Lipinski definition) is 0. The van der Waals surface area contributed by atoms with E-state index in [0.717, 1.165) is 18.6 Å². The van der Waals surface area contributed by atoms with Crippen LogP contribution in [-0.4, -0.2) is 9.97 Å². The molecule has 0 fully saturated rings. The van der Waals surface area contributed by atoms with E-state index in [1.807, 2.05) is 6.08 Å². The predicted molar refractivity (Wildman–Crippen MR) is 49.1 cm³/mol. The van der Waals surface area contributed by atoms with Crippen LogP contribution >= 0.6 is 0 Å². The normalized spacial score (nSPS) is 15.2. The molecule has 1 aliphatic carbocycles. The summed E-state index contributed by atoms with van der Waals surface area (Å²) in [7, 11) is 0. The number of nitrogens with zero attached hydrogens (tertiary/aromatic N) is 2. The lowest BCUT2D eigenvalue weighted by molar-refractivity contribution is 0.420. The Morgan fingerprint density at radius 3 is 3.00 bits per heavy atom. The molecule has 0 atom stereocenters. The van der Waals surface area contributed by atoms with Crippen molar-refractivity contribution in [3.05, 3.63) is 42.6 Å². The molecular formula is C10H10N2O. The van der Waals surface area contributed by atoms with Crippen molar-refractivity contribution in [2.75, 3.05) is 0 Å². The molecule has 1 aliphatic rings. The van der Waals surface area contributed by atoms with E-state index in [2.05, 4.69) is 22.1 Å². The fourth-order valence-corrected chi connectivity index (χ4v) is 1.12. The Morgan fingerprint density at radius 1 is 1.31 bits per heavy atom. The van der Waals surface area contributed by atoms with Gasteiger partial charge in [-0.2, -0.15) is 0 Å². The Balaban J connectivity index is 2.06. The largest absolute Gasteiger partial charge is 0.439 e. The minimum absolute atomic E-state index is 0.591. The Kier molecular flexibility index (Phi) is 2.36. The van der Waals surface area contributed by atoms with Gasteiger partial charge in [0.1, 0.15) is 12.1 Å². The van der Waals surface area contributed by atoms with E-state index >= 15 is 0 Å². The molecule has 13 heavy (non-hydrogen) atoms. The fourth-order valence-electron chi connectivity index (χ4n) is 1.12. The Morgan fingerprint density at radius 2 is 2.31 bits per heavy atom. The first-order chi connectivity index (χ1) is 6.45. The molecule has 0 amide bonds. The molecule has 0 N–H and O–H groups in total. The van der Waals surface area contributed by atoms with Gasteiger partial charge in [0.15, 0.2) is 0 Å². The van der Waals surface area contributed by atoms with E-state index < -0.39 is 0 Å². The quantitative estimate of drug-likeness (QED) is 0.688. The van der Waals surface area contributed by atoms with Crippen molar-refractivity contribution in [1.29, 1.82) is 0 Å². The second-order valence-corrected chi connectivity index (χ2v) is 2.74. The van der Waals surface area contributed by atoms with Crippen molar-refractivity contribution in [3.8, 4) is 5.88 Å². The Hall–Kier alpha value is -1.64.